The number of piperidine rings is 1. The first kappa shape index (κ1) is 18.3. The van der Waals surface area contributed by atoms with Gasteiger partial charge in [-0.25, -0.2) is 8.42 Å². The van der Waals surface area contributed by atoms with Gasteiger partial charge in [-0.3, -0.25) is 14.9 Å². The van der Waals surface area contributed by atoms with Gasteiger partial charge in [-0.05, 0) is 31.7 Å². The molecule has 1 amide bonds. The third-order valence-corrected chi connectivity index (χ3v) is 6.33. The zero-order valence-corrected chi connectivity index (χ0v) is 14.5. The lowest BCUT2D eigenvalue weighted by atomic mass is 9.98. The standard InChI is InChI=1S/C15H21N3O5S/c1-11-14(18(20)21)4-3-5-15(11)24(22,23)17-8-6-13(7-9-17)10-16-12(2)19/h3-5,13H,6-10H2,1-2H3,(H,16,19). The molecule has 1 fully saturated rings. The number of hydrogen-bond acceptors (Lipinski definition) is 5. The van der Waals surface area contributed by atoms with E-state index in [1.54, 1.807) is 0 Å². The van der Waals surface area contributed by atoms with E-state index in [1.807, 2.05) is 0 Å². The van der Waals surface area contributed by atoms with Crippen molar-refractivity contribution >= 4 is 21.6 Å². The first-order valence-electron chi connectivity index (χ1n) is 7.72. The van der Waals surface area contributed by atoms with Crippen molar-refractivity contribution in [2.75, 3.05) is 19.6 Å². The van der Waals surface area contributed by atoms with Crippen LogP contribution in [0.15, 0.2) is 23.1 Å². The topological polar surface area (TPSA) is 110 Å². The lowest BCUT2D eigenvalue weighted by Crippen LogP contribution is -2.41. The Bertz CT molecular complexity index is 739. The van der Waals surface area contributed by atoms with Crippen molar-refractivity contribution in [1.82, 2.24) is 9.62 Å². The first-order valence-corrected chi connectivity index (χ1v) is 9.16. The molecular weight excluding hydrogens is 334 g/mol. The molecule has 0 unspecified atom stereocenters. The third-order valence-electron chi connectivity index (χ3n) is 4.28. The molecule has 9 heteroatoms. The summed E-state index contributed by atoms with van der Waals surface area (Å²) in [5.74, 6) is 0.142. The van der Waals surface area contributed by atoms with E-state index >= 15 is 0 Å². The lowest BCUT2D eigenvalue weighted by molar-refractivity contribution is -0.385. The highest BCUT2D eigenvalue weighted by atomic mass is 32.2. The van der Waals surface area contributed by atoms with Gasteiger partial charge < -0.3 is 5.32 Å². The van der Waals surface area contributed by atoms with Gasteiger partial charge in [0.1, 0.15) is 0 Å². The highest BCUT2D eigenvalue weighted by Gasteiger charge is 2.32. The molecule has 0 atom stereocenters. The van der Waals surface area contributed by atoms with Crippen LogP contribution in [-0.2, 0) is 14.8 Å². The molecule has 1 aromatic rings. The molecule has 1 aliphatic heterocycles. The number of hydrogen-bond donors (Lipinski definition) is 1. The van der Waals surface area contributed by atoms with Crippen molar-refractivity contribution in [3.8, 4) is 0 Å². The van der Waals surface area contributed by atoms with Crippen molar-refractivity contribution in [2.45, 2.75) is 31.6 Å². The number of sulfonamides is 1. The zero-order chi connectivity index (χ0) is 17.9. The highest BCUT2D eigenvalue weighted by molar-refractivity contribution is 7.89. The Hall–Kier alpha value is -2.00. The molecule has 1 heterocycles. The van der Waals surface area contributed by atoms with Crippen LogP contribution in [0, 0.1) is 23.0 Å². The minimum Gasteiger partial charge on any atom is -0.356 e. The monoisotopic (exact) mass is 355 g/mol. The van der Waals surface area contributed by atoms with Crippen molar-refractivity contribution in [1.29, 1.82) is 0 Å². The van der Waals surface area contributed by atoms with Crippen LogP contribution in [0.2, 0.25) is 0 Å². The van der Waals surface area contributed by atoms with E-state index in [0.717, 1.165) is 0 Å². The Morgan fingerprint density at radius 2 is 2.00 bits per heavy atom. The Balaban J connectivity index is 2.14. The molecule has 8 nitrogen and oxygen atoms in total. The van der Waals surface area contributed by atoms with Crippen LogP contribution in [0.1, 0.15) is 25.3 Å². The molecule has 0 aliphatic carbocycles. The fraction of sp³-hybridized carbons (Fsp3) is 0.533. The average molecular weight is 355 g/mol. The molecule has 0 bridgehead atoms. The average Bonchev–Trinajstić information content (AvgIpc) is 2.53. The van der Waals surface area contributed by atoms with Gasteiger partial charge in [0.2, 0.25) is 15.9 Å². The largest absolute Gasteiger partial charge is 0.356 e. The molecule has 1 saturated heterocycles. The second-order valence-corrected chi connectivity index (χ2v) is 7.85. The Morgan fingerprint density at radius 3 is 2.54 bits per heavy atom. The normalized spacial score (nSPS) is 16.8. The number of benzene rings is 1. The summed E-state index contributed by atoms with van der Waals surface area (Å²) in [4.78, 5) is 21.4. The lowest BCUT2D eigenvalue weighted by Gasteiger charge is -2.31. The van der Waals surface area contributed by atoms with Crippen molar-refractivity contribution in [3.05, 3.63) is 33.9 Å². The molecule has 0 aromatic heterocycles. The number of nitro groups is 1. The van der Waals surface area contributed by atoms with Gasteiger partial charge in [0.25, 0.3) is 5.69 Å². The summed E-state index contributed by atoms with van der Waals surface area (Å²) in [5, 5.41) is 13.8. The van der Waals surface area contributed by atoms with Crippen LogP contribution in [0.4, 0.5) is 5.69 Å². The van der Waals surface area contributed by atoms with Gasteiger partial charge in [0, 0.05) is 38.2 Å². The first-order chi connectivity index (χ1) is 11.2. The van der Waals surface area contributed by atoms with Crippen molar-refractivity contribution in [2.24, 2.45) is 5.92 Å². The maximum Gasteiger partial charge on any atom is 0.273 e. The summed E-state index contributed by atoms with van der Waals surface area (Å²) in [6.45, 7) is 4.13. The van der Waals surface area contributed by atoms with E-state index in [-0.39, 0.29) is 28.0 Å². The molecule has 1 aliphatic rings. The fourth-order valence-electron chi connectivity index (χ4n) is 2.86. The fourth-order valence-corrected chi connectivity index (χ4v) is 4.57. The third kappa shape index (κ3) is 3.90. The van der Waals surface area contributed by atoms with E-state index in [0.29, 0.717) is 32.5 Å². The predicted molar refractivity (Wildman–Crippen MR) is 88.0 cm³/mol. The number of nitrogens with one attached hydrogen (secondary N) is 1. The molecule has 2 rings (SSSR count). The maximum absolute atomic E-state index is 12.8. The number of nitrogens with zero attached hydrogens (tertiary/aromatic N) is 2. The Kier molecular flexibility index (Phi) is 5.55. The summed E-state index contributed by atoms with van der Waals surface area (Å²) in [7, 11) is -3.76. The number of nitro benzene ring substituents is 1. The number of rotatable bonds is 5. The van der Waals surface area contributed by atoms with Crippen LogP contribution in [-0.4, -0.2) is 43.2 Å². The molecule has 0 saturated carbocycles. The minimum atomic E-state index is -3.76. The quantitative estimate of drug-likeness (QED) is 0.635. The van der Waals surface area contributed by atoms with E-state index in [1.165, 1.54) is 36.4 Å². The Morgan fingerprint density at radius 1 is 1.38 bits per heavy atom. The van der Waals surface area contributed by atoms with Crippen molar-refractivity contribution in [3.63, 3.8) is 0 Å². The van der Waals surface area contributed by atoms with E-state index < -0.39 is 14.9 Å². The van der Waals surface area contributed by atoms with Gasteiger partial charge in [-0.15, -0.1) is 0 Å². The Labute approximate surface area is 141 Å². The van der Waals surface area contributed by atoms with Gasteiger partial charge in [0.05, 0.1) is 9.82 Å². The minimum absolute atomic E-state index is 0.0167. The van der Waals surface area contributed by atoms with Gasteiger partial charge in [-0.1, -0.05) is 6.07 Å². The summed E-state index contributed by atoms with van der Waals surface area (Å²) in [5.41, 5.74) is -0.0421. The zero-order valence-electron chi connectivity index (χ0n) is 13.7. The van der Waals surface area contributed by atoms with Crippen LogP contribution >= 0.6 is 0 Å². The number of carbonyl (C=O) groups is 1. The molecule has 1 aromatic carbocycles. The number of amides is 1. The van der Waals surface area contributed by atoms with Gasteiger partial charge in [0.15, 0.2) is 0 Å². The molecule has 0 spiro atoms. The summed E-state index contributed by atoms with van der Waals surface area (Å²) >= 11 is 0. The summed E-state index contributed by atoms with van der Waals surface area (Å²) in [6, 6.07) is 4.09. The van der Waals surface area contributed by atoms with Crippen LogP contribution < -0.4 is 5.32 Å². The smallest absolute Gasteiger partial charge is 0.273 e. The van der Waals surface area contributed by atoms with E-state index in [9.17, 15) is 23.3 Å². The second-order valence-electron chi connectivity index (χ2n) is 5.94. The highest BCUT2D eigenvalue weighted by Crippen LogP contribution is 2.29. The summed E-state index contributed by atoms with van der Waals surface area (Å²) in [6.07, 6.45) is 1.29. The van der Waals surface area contributed by atoms with Crippen LogP contribution in [0.25, 0.3) is 0 Å². The SMILES string of the molecule is CC(=O)NCC1CCN(S(=O)(=O)c2cccc([N+](=O)[O-])c2C)CC1. The van der Waals surface area contributed by atoms with Crippen molar-refractivity contribution < 1.29 is 18.1 Å². The van der Waals surface area contributed by atoms with Crippen LogP contribution in [0.3, 0.4) is 0 Å². The van der Waals surface area contributed by atoms with Gasteiger partial charge >= 0.3 is 0 Å². The van der Waals surface area contributed by atoms with E-state index in [4.69, 9.17) is 0 Å². The van der Waals surface area contributed by atoms with E-state index in [2.05, 4.69) is 5.32 Å². The molecule has 24 heavy (non-hydrogen) atoms. The molecule has 132 valence electrons. The summed E-state index contributed by atoms with van der Waals surface area (Å²) < 4.78 is 26.9. The van der Waals surface area contributed by atoms with Crippen LogP contribution in [0.5, 0.6) is 0 Å². The maximum atomic E-state index is 12.8. The van der Waals surface area contributed by atoms with Gasteiger partial charge in [-0.2, -0.15) is 4.31 Å². The molecule has 1 N–H and O–H groups in total. The molecular formula is C15H21N3O5S. The predicted octanol–water partition coefficient (Wildman–Crippen LogP) is 1.44. The number of carbonyl (C=O) groups excluding carboxylic acids is 1. The molecule has 0 radical (unpaired) electrons. The second kappa shape index (κ2) is 7.27.